The van der Waals surface area contributed by atoms with Crippen LogP contribution in [0.2, 0.25) is 0 Å². The van der Waals surface area contributed by atoms with Gasteiger partial charge in [0.25, 0.3) is 11.8 Å². The molecule has 1 saturated heterocycles. The summed E-state index contributed by atoms with van der Waals surface area (Å²) in [7, 11) is 0. The van der Waals surface area contributed by atoms with Gasteiger partial charge in [-0.1, -0.05) is 19.3 Å². The minimum absolute atomic E-state index is 0.0209. The molecule has 1 aromatic rings. The Kier molecular flexibility index (Phi) is 7.22. The topological polar surface area (TPSA) is 69.7 Å². The highest BCUT2D eigenvalue weighted by atomic mass is 32.2. The molecule has 30 heavy (non-hydrogen) atoms. The summed E-state index contributed by atoms with van der Waals surface area (Å²) in [4.78, 5) is 38.5. The second-order valence-electron chi connectivity index (χ2n) is 7.06. The summed E-state index contributed by atoms with van der Waals surface area (Å²) in [5, 5.41) is 2.50. The van der Waals surface area contributed by atoms with Crippen LogP contribution in [-0.4, -0.2) is 44.4 Å². The molecule has 2 aliphatic rings. The van der Waals surface area contributed by atoms with Crippen molar-refractivity contribution >= 4 is 47.3 Å². The van der Waals surface area contributed by atoms with E-state index in [2.05, 4.69) is 5.32 Å². The molecule has 11 heteroatoms. The van der Waals surface area contributed by atoms with Crippen LogP contribution >= 0.6 is 23.9 Å². The Hall–Kier alpha value is -1.88. The van der Waals surface area contributed by atoms with Gasteiger partial charge < -0.3 is 5.32 Å². The summed E-state index contributed by atoms with van der Waals surface area (Å²) in [5.41, 5.74) is -4.19. The van der Waals surface area contributed by atoms with Gasteiger partial charge in [-0.05, 0) is 55.8 Å². The first-order chi connectivity index (χ1) is 14.2. The third-order valence-electron chi connectivity index (χ3n) is 4.95. The number of halogens is 3. The Morgan fingerprint density at radius 2 is 1.77 bits per heavy atom. The maximum absolute atomic E-state index is 13.0. The number of nitrogens with one attached hydrogen (secondary N) is 1. The second kappa shape index (κ2) is 9.51. The molecular weight excluding hydrogens is 439 g/mol. The lowest BCUT2D eigenvalue weighted by atomic mass is 9.94. The normalized spacial score (nSPS) is 21.1. The van der Waals surface area contributed by atoms with Crippen LogP contribution in [0.25, 0.3) is 0 Å². The van der Waals surface area contributed by atoms with E-state index >= 15 is 0 Å². The van der Waals surface area contributed by atoms with Gasteiger partial charge in [-0.25, -0.2) is 0 Å². The number of thioether (sulfide) groups is 1. The lowest BCUT2D eigenvalue weighted by Gasteiger charge is -2.41. The number of rotatable bonds is 5. The van der Waals surface area contributed by atoms with Crippen LogP contribution in [0.4, 0.5) is 18.9 Å². The first-order valence-electron chi connectivity index (χ1n) is 9.69. The maximum atomic E-state index is 13.0. The monoisotopic (exact) mass is 461 g/mol. The molecule has 1 saturated carbocycles. The SMILES string of the molecule is CCN1SN(C2CCCCC2)C(=O)C(C(=O)Nc2ccc(SC(F)(F)F)cc2)C1=O. The van der Waals surface area contributed by atoms with E-state index in [1.807, 2.05) is 0 Å². The Labute approximate surface area is 181 Å². The number of anilines is 1. The van der Waals surface area contributed by atoms with Crippen LogP contribution in [0.15, 0.2) is 29.2 Å². The molecule has 0 spiro atoms. The minimum Gasteiger partial charge on any atom is -0.325 e. The van der Waals surface area contributed by atoms with Crippen LogP contribution in [0.1, 0.15) is 39.0 Å². The molecular formula is C19H22F3N3O3S2. The fourth-order valence-electron chi connectivity index (χ4n) is 3.52. The van der Waals surface area contributed by atoms with Crippen LogP contribution in [0.5, 0.6) is 0 Å². The Balaban J connectivity index is 1.73. The van der Waals surface area contributed by atoms with E-state index in [9.17, 15) is 27.6 Å². The van der Waals surface area contributed by atoms with Crippen molar-refractivity contribution in [3.05, 3.63) is 24.3 Å². The molecule has 0 aromatic heterocycles. The van der Waals surface area contributed by atoms with Crippen molar-refractivity contribution in [2.24, 2.45) is 5.92 Å². The van der Waals surface area contributed by atoms with Gasteiger partial charge in [0.15, 0.2) is 5.92 Å². The molecule has 3 amide bonds. The van der Waals surface area contributed by atoms with Crippen LogP contribution < -0.4 is 5.32 Å². The first kappa shape index (κ1) is 22.8. The molecule has 6 nitrogen and oxygen atoms in total. The van der Waals surface area contributed by atoms with Crippen molar-refractivity contribution < 1.29 is 27.6 Å². The zero-order chi connectivity index (χ0) is 21.9. The quantitative estimate of drug-likeness (QED) is 0.399. The van der Waals surface area contributed by atoms with E-state index in [0.717, 1.165) is 44.2 Å². The molecule has 3 rings (SSSR count). The van der Waals surface area contributed by atoms with Crippen molar-refractivity contribution in [1.29, 1.82) is 0 Å². The summed E-state index contributed by atoms with van der Waals surface area (Å²) in [5.74, 6) is -3.40. The molecule has 164 valence electrons. The van der Waals surface area contributed by atoms with Crippen molar-refractivity contribution in [1.82, 2.24) is 8.61 Å². The van der Waals surface area contributed by atoms with E-state index < -0.39 is 29.1 Å². The average Bonchev–Trinajstić information content (AvgIpc) is 2.69. The van der Waals surface area contributed by atoms with Gasteiger partial charge in [-0.15, -0.1) is 0 Å². The van der Waals surface area contributed by atoms with Gasteiger partial charge in [0.05, 0.1) is 12.1 Å². The predicted octanol–water partition coefficient (Wildman–Crippen LogP) is 4.44. The fraction of sp³-hybridized carbons (Fsp3) is 0.526. The lowest BCUT2D eigenvalue weighted by Crippen LogP contribution is -2.55. The molecule has 1 aliphatic carbocycles. The summed E-state index contributed by atoms with van der Waals surface area (Å²) in [6.07, 6.45) is 4.75. The molecule has 2 fully saturated rings. The largest absolute Gasteiger partial charge is 0.446 e. The second-order valence-corrected chi connectivity index (χ2v) is 9.20. The number of hydrogen-bond acceptors (Lipinski definition) is 5. The predicted molar refractivity (Wildman–Crippen MR) is 109 cm³/mol. The van der Waals surface area contributed by atoms with E-state index in [-0.39, 0.29) is 28.4 Å². The number of amides is 3. The van der Waals surface area contributed by atoms with Gasteiger partial charge in [0.2, 0.25) is 5.91 Å². The number of carbonyl (C=O) groups is 3. The molecule has 0 radical (unpaired) electrons. The highest BCUT2D eigenvalue weighted by Crippen LogP contribution is 2.38. The standard InChI is InChI=1S/C19H22F3N3O3S2/c1-2-24-17(27)15(18(28)25(30-24)13-6-4-3-5-7-13)16(26)23-12-8-10-14(11-9-12)29-19(20,21)22/h8-11,13,15H,2-7H2,1H3,(H,23,26). The highest BCUT2D eigenvalue weighted by Gasteiger charge is 2.47. The van der Waals surface area contributed by atoms with Crippen molar-refractivity contribution in [3.8, 4) is 0 Å². The van der Waals surface area contributed by atoms with Gasteiger partial charge in [-0.3, -0.25) is 23.0 Å². The van der Waals surface area contributed by atoms with E-state index in [1.165, 1.54) is 28.6 Å². The van der Waals surface area contributed by atoms with E-state index in [0.29, 0.717) is 6.54 Å². The average molecular weight is 462 g/mol. The van der Waals surface area contributed by atoms with Gasteiger partial charge >= 0.3 is 5.51 Å². The van der Waals surface area contributed by atoms with Crippen LogP contribution in [0.3, 0.4) is 0 Å². The van der Waals surface area contributed by atoms with Crippen molar-refractivity contribution in [2.75, 3.05) is 11.9 Å². The number of hydrogen-bond donors (Lipinski definition) is 1. The fourth-order valence-corrected chi connectivity index (χ4v) is 5.10. The zero-order valence-electron chi connectivity index (χ0n) is 16.3. The van der Waals surface area contributed by atoms with Gasteiger partial charge in [-0.2, -0.15) is 13.2 Å². The van der Waals surface area contributed by atoms with E-state index in [1.54, 1.807) is 11.2 Å². The number of carbonyl (C=O) groups excluding carboxylic acids is 3. The van der Waals surface area contributed by atoms with Crippen molar-refractivity contribution in [3.63, 3.8) is 0 Å². The van der Waals surface area contributed by atoms with Crippen LogP contribution in [-0.2, 0) is 14.4 Å². The summed E-state index contributed by atoms with van der Waals surface area (Å²) >= 11 is 0.807. The summed E-state index contributed by atoms with van der Waals surface area (Å²) in [6.45, 7) is 2.11. The minimum atomic E-state index is -4.41. The Bertz CT molecular complexity index is 798. The zero-order valence-corrected chi connectivity index (χ0v) is 17.9. The summed E-state index contributed by atoms with van der Waals surface area (Å²) < 4.78 is 40.3. The molecule has 1 N–H and O–H groups in total. The number of alkyl halides is 3. The first-order valence-corrected chi connectivity index (χ1v) is 11.2. The molecule has 1 aromatic carbocycles. The molecule has 1 heterocycles. The maximum Gasteiger partial charge on any atom is 0.446 e. The molecule has 0 bridgehead atoms. The lowest BCUT2D eigenvalue weighted by molar-refractivity contribution is -0.148. The van der Waals surface area contributed by atoms with Gasteiger partial charge in [0, 0.05) is 23.2 Å². The molecule has 1 aliphatic heterocycles. The number of benzene rings is 1. The third-order valence-corrected chi connectivity index (χ3v) is 6.98. The Morgan fingerprint density at radius 1 is 1.13 bits per heavy atom. The van der Waals surface area contributed by atoms with Crippen LogP contribution in [0, 0.1) is 5.92 Å². The van der Waals surface area contributed by atoms with Gasteiger partial charge in [0.1, 0.15) is 0 Å². The Morgan fingerprint density at radius 3 is 2.33 bits per heavy atom. The highest BCUT2D eigenvalue weighted by molar-refractivity contribution is 8.00. The van der Waals surface area contributed by atoms with Crippen molar-refractivity contribution in [2.45, 2.75) is 55.5 Å². The third kappa shape index (κ3) is 5.42. The summed E-state index contributed by atoms with van der Waals surface area (Å²) in [6, 6.07) is 5.05. The molecule has 1 atom stereocenters. The van der Waals surface area contributed by atoms with E-state index in [4.69, 9.17) is 0 Å². The molecule has 1 unspecified atom stereocenters. The smallest absolute Gasteiger partial charge is 0.325 e. The number of nitrogens with zero attached hydrogens (tertiary/aromatic N) is 2.